The number of hydrogen-bond acceptors (Lipinski definition) is 6. The highest BCUT2D eigenvalue weighted by Gasteiger charge is 2.21. The summed E-state index contributed by atoms with van der Waals surface area (Å²) < 4.78 is 29.5. The largest absolute Gasteiger partial charge is 0.336 e. The lowest BCUT2D eigenvalue weighted by molar-refractivity contribution is -0.116. The van der Waals surface area contributed by atoms with Crippen LogP contribution >= 0.6 is 0 Å². The zero-order valence-corrected chi connectivity index (χ0v) is 20.8. The van der Waals surface area contributed by atoms with Gasteiger partial charge in [-0.3, -0.25) is 24.8 Å². The number of H-pyrrole nitrogens is 2. The summed E-state index contributed by atoms with van der Waals surface area (Å²) in [6.45, 7) is 2.01. The van der Waals surface area contributed by atoms with Gasteiger partial charge < -0.3 is 10.3 Å². The van der Waals surface area contributed by atoms with E-state index in [-0.39, 0.29) is 28.5 Å². The summed E-state index contributed by atoms with van der Waals surface area (Å²) in [7, 11) is 0. The predicted molar refractivity (Wildman–Crippen MR) is 144 cm³/mol. The number of benzene rings is 1. The summed E-state index contributed by atoms with van der Waals surface area (Å²) in [5, 5.41) is 10.1. The first-order chi connectivity index (χ1) is 19.0. The van der Waals surface area contributed by atoms with Gasteiger partial charge in [-0.15, -0.1) is 0 Å². The van der Waals surface area contributed by atoms with Crippen LogP contribution in [0.25, 0.3) is 56.0 Å². The monoisotopic (exact) mass is 524 g/mol. The van der Waals surface area contributed by atoms with Crippen LogP contribution in [-0.4, -0.2) is 41.0 Å². The van der Waals surface area contributed by atoms with Crippen LogP contribution in [0.4, 0.5) is 14.5 Å². The van der Waals surface area contributed by atoms with Crippen LogP contribution in [0.3, 0.4) is 0 Å². The number of aromatic nitrogens is 7. The second kappa shape index (κ2) is 10.0. The van der Waals surface area contributed by atoms with Crippen LogP contribution in [-0.2, 0) is 4.79 Å². The predicted octanol–water partition coefficient (Wildman–Crippen LogP) is 6.03. The van der Waals surface area contributed by atoms with Crippen LogP contribution in [0.2, 0.25) is 0 Å². The molecule has 0 saturated heterocycles. The molecule has 6 rings (SSSR count). The van der Waals surface area contributed by atoms with Gasteiger partial charge in [0.1, 0.15) is 22.7 Å². The van der Waals surface area contributed by atoms with E-state index in [1.54, 1.807) is 30.5 Å². The summed E-state index contributed by atoms with van der Waals surface area (Å²) in [4.78, 5) is 32.9. The van der Waals surface area contributed by atoms with E-state index in [2.05, 4.69) is 40.4 Å². The Kier molecular flexibility index (Phi) is 6.23. The number of amides is 1. The van der Waals surface area contributed by atoms with Gasteiger partial charge in [-0.2, -0.15) is 5.10 Å². The third kappa shape index (κ3) is 4.58. The van der Waals surface area contributed by atoms with Crippen molar-refractivity contribution in [2.45, 2.75) is 26.2 Å². The zero-order chi connectivity index (χ0) is 26.9. The van der Waals surface area contributed by atoms with Gasteiger partial charge in [-0.25, -0.2) is 13.8 Å². The molecule has 0 aliphatic carbocycles. The van der Waals surface area contributed by atoms with E-state index in [0.29, 0.717) is 51.3 Å². The van der Waals surface area contributed by atoms with Crippen molar-refractivity contribution >= 4 is 33.5 Å². The summed E-state index contributed by atoms with van der Waals surface area (Å²) in [6.07, 6.45) is 8.18. The highest BCUT2D eigenvalue weighted by molar-refractivity contribution is 5.97. The Balaban J connectivity index is 1.41. The van der Waals surface area contributed by atoms with Crippen molar-refractivity contribution in [1.82, 2.24) is 35.1 Å². The van der Waals surface area contributed by atoms with Crippen molar-refractivity contribution in [3.63, 3.8) is 0 Å². The third-order valence-corrected chi connectivity index (χ3v) is 6.34. The number of unbranched alkanes of at least 4 members (excludes halogenated alkanes) is 1. The molecule has 39 heavy (non-hydrogen) atoms. The number of nitrogens with zero attached hydrogens (tertiary/aromatic N) is 5. The second-order valence-electron chi connectivity index (χ2n) is 9.04. The highest BCUT2D eigenvalue weighted by atomic mass is 19.1. The molecule has 0 bridgehead atoms. The fraction of sp³-hybridized carbons (Fsp3) is 0.143. The van der Waals surface area contributed by atoms with Gasteiger partial charge in [0.25, 0.3) is 0 Å². The lowest BCUT2D eigenvalue weighted by Crippen LogP contribution is -2.11. The molecule has 0 spiro atoms. The quantitative estimate of drug-likeness (QED) is 0.234. The number of halogens is 2. The topological polar surface area (TPSA) is 125 Å². The molecular formula is C28H22F2N8O. The number of hydrogen-bond donors (Lipinski definition) is 3. The normalized spacial score (nSPS) is 11.4. The number of carbonyl (C=O) groups is 1. The second-order valence-corrected chi connectivity index (χ2v) is 9.04. The molecule has 3 N–H and O–H groups in total. The van der Waals surface area contributed by atoms with E-state index < -0.39 is 5.82 Å². The molecule has 11 heteroatoms. The molecule has 1 amide bonds. The fourth-order valence-electron chi connectivity index (χ4n) is 4.41. The van der Waals surface area contributed by atoms with Gasteiger partial charge in [0, 0.05) is 29.9 Å². The van der Waals surface area contributed by atoms with Crippen molar-refractivity contribution in [2.75, 3.05) is 5.32 Å². The fourth-order valence-corrected chi connectivity index (χ4v) is 4.41. The Bertz CT molecular complexity index is 1830. The van der Waals surface area contributed by atoms with Crippen molar-refractivity contribution in [3.05, 3.63) is 72.8 Å². The first-order valence-electron chi connectivity index (χ1n) is 12.4. The van der Waals surface area contributed by atoms with E-state index >= 15 is 4.39 Å². The number of imidazole rings is 1. The number of pyridine rings is 3. The Morgan fingerprint density at radius 3 is 2.62 bits per heavy atom. The molecule has 0 radical (unpaired) electrons. The molecule has 0 atom stereocenters. The maximum absolute atomic E-state index is 16.0. The van der Waals surface area contributed by atoms with Gasteiger partial charge in [0.2, 0.25) is 5.91 Å². The highest BCUT2D eigenvalue weighted by Crippen LogP contribution is 2.34. The van der Waals surface area contributed by atoms with Crippen LogP contribution < -0.4 is 5.32 Å². The first-order valence-corrected chi connectivity index (χ1v) is 12.4. The number of nitrogens with one attached hydrogen (secondary N) is 3. The summed E-state index contributed by atoms with van der Waals surface area (Å²) >= 11 is 0. The molecule has 9 nitrogen and oxygen atoms in total. The van der Waals surface area contributed by atoms with Gasteiger partial charge in [-0.05, 0) is 42.8 Å². The molecule has 0 unspecified atom stereocenters. The van der Waals surface area contributed by atoms with E-state index in [9.17, 15) is 9.18 Å². The summed E-state index contributed by atoms with van der Waals surface area (Å²) in [5.41, 5.74) is 4.04. The van der Waals surface area contributed by atoms with E-state index in [0.717, 1.165) is 12.8 Å². The average Bonchev–Trinajstić information content (AvgIpc) is 3.57. The van der Waals surface area contributed by atoms with Gasteiger partial charge in [0.05, 0.1) is 40.2 Å². The average molecular weight is 525 g/mol. The van der Waals surface area contributed by atoms with E-state index in [1.807, 2.05) is 6.92 Å². The van der Waals surface area contributed by atoms with E-state index in [1.165, 1.54) is 30.7 Å². The zero-order valence-electron chi connectivity index (χ0n) is 20.8. The number of carbonyl (C=O) groups excluding carboxylic acids is 1. The molecular weight excluding hydrogens is 502 g/mol. The smallest absolute Gasteiger partial charge is 0.224 e. The van der Waals surface area contributed by atoms with Crippen LogP contribution in [0.15, 0.2) is 61.2 Å². The molecule has 6 aromatic rings. The maximum Gasteiger partial charge on any atom is 0.224 e. The maximum atomic E-state index is 16.0. The van der Waals surface area contributed by atoms with Crippen molar-refractivity contribution in [1.29, 1.82) is 0 Å². The van der Waals surface area contributed by atoms with Crippen LogP contribution in [0, 0.1) is 11.6 Å². The standard InChI is InChI=1S/C28H22F2N8O/c1-2-3-4-21(39)34-18-11-16(12-31-13-18)24-23(30)22-20(14-33-24)37-38-27(22)28-35-19-9-10-32-25(26(19)36-28)15-5-7-17(29)8-6-15/h5-14H,2-4H2,1H3,(H,34,39)(H,35,36)(H,37,38). The number of fused-ring (bicyclic) bond motifs is 2. The third-order valence-electron chi connectivity index (χ3n) is 6.34. The Morgan fingerprint density at radius 1 is 0.949 bits per heavy atom. The van der Waals surface area contributed by atoms with E-state index in [4.69, 9.17) is 0 Å². The Hall–Kier alpha value is -5.06. The SMILES string of the molecule is CCCCC(=O)Nc1cncc(-c2ncc3[nH]nc(-c4nc5c(-c6ccc(F)cc6)nccc5[nH]4)c3c2F)c1. The minimum absolute atomic E-state index is 0.0621. The van der Waals surface area contributed by atoms with Crippen molar-refractivity contribution < 1.29 is 13.6 Å². The molecule has 0 fully saturated rings. The van der Waals surface area contributed by atoms with Gasteiger partial charge >= 0.3 is 0 Å². The molecule has 0 aliphatic heterocycles. The molecule has 0 saturated carbocycles. The van der Waals surface area contributed by atoms with Crippen LogP contribution in [0.5, 0.6) is 0 Å². The van der Waals surface area contributed by atoms with Crippen LogP contribution in [0.1, 0.15) is 26.2 Å². The van der Waals surface area contributed by atoms with Gasteiger partial charge in [-0.1, -0.05) is 13.3 Å². The lowest BCUT2D eigenvalue weighted by atomic mass is 10.1. The Morgan fingerprint density at radius 2 is 1.79 bits per heavy atom. The lowest BCUT2D eigenvalue weighted by Gasteiger charge is -2.08. The Labute approximate surface area is 220 Å². The minimum atomic E-state index is -0.607. The molecule has 5 heterocycles. The summed E-state index contributed by atoms with van der Waals surface area (Å²) in [5.74, 6) is -0.754. The summed E-state index contributed by atoms with van der Waals surface area (Å²) in [6, 6.07) is 9.35. The minimum Gasteiger partial charge on any atom is -0.336 e. The number of rotatable bonds is 7. The molecule has 5 aromatic heterocycles. The first kappa shape index (κ1) is 24.3. The molecule has 1 aromatic carbocycles. The number of aromatic amines is 2. The van der Waals surface area contributed by atoms with Crippen molar-refractivity contribution in [3.8, 4) is 34.0 Å². The molecule has 194 valence electrons. The molecule has 0 aliphatic rings. The van der Waals surface area contributed by atoms with Gasteiger partial charge in [0.15, 0.2) is 11.6 Å². The van der Waals surface area contributed by atoms with Crippen molar-refractivity contribution in [2.24, 2.45) is 0 Å². The number of anilines is 1.